The maximum absolute atomic E-state index is 12.4. The van der Waals surface area contributed by atoms with E-state index in [1.54, 1.807) is 0 Å². The van der Waals surface area contributed by atoms with Crippen LogP contribution >= 0.6 is 0 Å². The molecule has 0 bridgehead atoms. The van der Waals surface area contributed by atoms with Crippen LogP contribution in [0.5, 0.6) is 0 Å². The molecule has 0 aromatic rings. The van der Waals surface area contributed by atoms with Crippen molar-refractivity contribution in [1.82, 2.24) is 5.32 Å². The zero-order chi connectivity index (χ0) is 30.4. The molecule has 41 heavy (non-hydrogen) atoms. The molecule has 4 atom stereocenters. The molecule has 0 spiro atoms. The summed E-state index contributed by atoms with van der Waals surface area (Å²) in [6, 6.07) is -0.975. The fourth-order valence-electron chi connectivity index (χ4n) is 5.64. The van der Waals surface area contributed by atoms with Gasteiger partial charge in [0.15, 0.2) is 0 Å². The Morgan fingerprint density at radius 1 is 0.512 bits per heavy atom. The lowest BCUT2D eigenvalue weighted by Crippen LogP contribution is -2.53. The van der Waals surface area contributed by atoms with Crippen molar-refractivity contribution >= 4 is 5.91 Å². The lowest BCUT2D eigenvalue weighted by Gasteiger charge is -2.27. The number of carbonyl (C=O) groups is 1. The van der Waals surface area contributed by atoms with Gasteiger partial charge in [-0.15, -0.1) is 0 Å². The Balaban J connectivity index is 3.77. The van der Waals surface area contributed by atoms with Crippen LogP contribution in [0.2, 0.25) is 0 Å². The summed E-state index contributed by atoms with van der Waals surface area (Å²) in [4.78, 5) is 12.4. The molecule has 6 heteroatoms. The highest BCUT2D eigenvalue weighted by Crippen LogP contribution is 2.16. The van der Waals surface area contributed by atoms with E-state index in [-0.39, 0.29) is 0 Å². The number of nitrogens with one attached hydrogen (secondary N) is 1. The van der Waals surface area contributed by atoms with Crippen molar-refractivity contribution < 1.29 is 25.2 Å². The van der Waals surface area contributed by atoms with Crippen molar-refractivity contribution in [2.75, 3.05) is 6.61 Å². The van der Waals surface area contributed by atoms with Crippen molar-refractivity contribution in [3.63, 3.8) is 0 Å². The molecule has 4 unspecified atom stereocenters. The van der Waals surface area contributed by atoms with E-state index in [1.807, 2.05) is 0 Å². The molecule has 0 saturated heterocycles. The van der Waals surface area contributed by atoms with Gasteiger partial charge in [0.1, 0.15) is 12.2 Å². The SMILES string of the molecule is CCCCCCCCCCCCCCCCCCC(O)C(=O)NC(CO)C(O)C(O)CCCCCCCCCCC. The van der Waals surface area contributed by atoms with Crippen molar-refractivity contribution in [2.24, 2.45) is 0 Å². The number of unbranched alkanes of at least 4 members (excludes halogenated alkanes) is 23. The highest BCUT2D eigenvalue weighted by molar-refractivity contribution is 5.80. The largest absolute Gasteiger partial charge is 0.394 e. The standard InChI is InChI=1S/C35H71NO5/c1-3-5-7-9-11-13-14-15-16-17-18-19-21-23-25-27-29-33(39)35(41)36-31(30-37)34(40)32(38)28-26-24-22-20-12-10-8-6-4-2/h31-34,37-40H,3-30H2,1-2H3,(H,36,41). The summed E-state index contributed by atoms with van der Waals surface area (Å²) in [7, 11) is 0. The summed E-state index contributed by atoms with van der Waals surface area (Å²) < 4.78 is 0. The van der Waals surface area contributed by atoms with Crippen LogP contribution in [-0.2, 0) is 4.79 Å². The first kappa shape index (κ1) is 40.3. The van der Waals surface area contributed by atoms with Gasteiger partial charge >= 0.3 is 0 Å². The Bertz CT molecular complexity index is 547. The number of aliphatic hydroxyl groups excluding tert-OH is 4. The number of amides is 1. The molecular weight excluding hydrogens is 514 g/mol. The zero-order valence-electron chi connectivity index (χ0n) is 27.3. The average Bonchev–Trinajstić information content (AvgIpc) is 2.98. The van der Waals surface area contributed by atoms with Crippen LogP contribution in [0.4, 0.5) is 0 Å². The van der Waals surface area contributed by atoms with Crippen LogP contribution in [0.1, 0.15) is 187 Å². The molecule has 0 fully saturated rings. The van der Waals surface area contributed by atoms with Crippen LogP contribution in [0, 0.1) is 0 Å². The Hall–Kier alpha value is -0.690. The minimum atomic E-state index is -1.25. The second kappa shape index (κ2) is 30.8. The normalized spacial score (nSPS) is 14.6. The van der Waals surface area contributed by atoms with Crippen LogP contribution in [0.15, 0.2) is 0 Å². The summed E-state index contributed by atoms with van der Waals surface area (Å²) in [5.74, 6) is -0.584. The van der Waals surface area contributed by atoms with E-state index in [1.165, 1.54) is 122 Å². The first-order valence-corrected chi connectivity index (χ1v) is 17.9. The number of rotatable bonds is 32. The molecule has 0 aliphatic carbocycles. The van der Waals surface area contributed by atoms with E-state index in [2.05, 4.69) is 19.2 Å². The van der Waals surface area contributed by atoms with E-state index in [9.17, 15) is 25.2 Å². The summed E-state index contributed by atoms with van der Waals surface area (Å²) in [5, 5.41) is 43.3. The van der Waals surface area contributed by atoms with E-state index in [0.29, 0.717) is 12.8 Å². The number of hydrogen-bond donors (Lipinski definition) is 5. The number of hydrogen-bond acceptors (Lipinski definition) is 5. The summed E-state index contributed by atoms with van der Waals surface area (Å²) in [6.07, 6.45) is 28.4. The Kier molecular flexibility index (Phi) is 30.2. The minimum absolute atomic E-state index is 0.375. The highest BCUT2D eigenvalue weighted by atomic mass is 16.3. The average molecular weight is 586 g/mol. The van der Waals surface area contributed by atoms with Gasteiger partial charge in [-0.3, -0.25) is 4.79 Å². The molecule has 0 saturated carbocycles. The Labute approximate surface area is 254 Å². The molecule has 0 rings (SSSR count). The molecular formula is C35H71NO5. The Morgan fingerprint density at radius 2 is 0.829 bits per heavy atom. The molecule has 0 aliphatic rings. The van der Waals surface area contributed by atoms with E-state index < -0.39 is 36.9 Å². The molecule has 0 radical (unpaired) electrons. The van der Waals surface area contributed by atoms with Gasteiger partial charge in [-0.25, -0.2) is 0 Å². The number of carbonyl (C=O) groups excluding carboxylic acids is 1. The van der Waals surface area contributed by atoms with E-state index in [4.69, 9.17) is 0 Å². The lowest BCUT2D eigenvalue weighted by molar-refractivity contribution is -0.132. The van der Waals surface area contributed by atoms with Crippen molar-refractivity contribution in [3.05, 3.63) is 0 Å². The van der Waals surface area contributed by atoms with Gasteiger partial charge in [0.25, 0.3) is 0 Å². The van der Waals surface area contributed by atoms with E-state index in [0.717, 1.165) is 38.5 Å². The molecule has 0 aliphatic heterocycles. The van der Waals surface area contributed by atoms with Gasteiger partial charge in [0, 0.05) is 0 Å². The first-order valence-electron chi connectivity index (χ1n) is 17.9. The van der Waals surface area contributed by atoms with Gasteiger partial charge in [-0.2, -0.15) is 0 Å². The quantitative estimate of drug-likeness (QED) is 0.0512. The maximum Gasteiger partial charge on any atom is 0.249 e. The van der Waals surface area contributed by atoms with Crippen LogP contribution in [0.3, 0.4) is 0 Å². The van der Waals surface area contributed by atoms with Gasteiger partial charge in [0.2, 0.25) is 5.91 Å². The van der Waals surface area contributed by atoms with Crippen LogP contribution in [-0.4, -0.2) is 57.3 Å². The zero-order valence-corrected chi connectivity index (χ0v) is 27.3. The molecule has 0 aromatic carbocycles. The topological polar surface area (TPSA) is 110 Å². The molecule has 5 N–H and O–H groups in total. The van der Waals surface area contributed by atoms with Gasteiger partial charge in [0.05, 0.1) is 18.8 Å². The highest BCUT2D eigenvalue weighted by Gasteiger charge is 2.28. The molecule has 1 amide bonds. The second-order valence-corrected chi connectivity index (χ2v) is 12.6. The fraction of sp³-hybridized carbons (Fsp3) is 0.971. The third-order valence-corrected chi connectivity index (χ3v) is 8.57. The van der Waals surface area contributed by atoms with Crippen LogP contribution < -0.4 is 5.32 Å². The molecule has 6 nitrogen and oxygen atoms in total. The summed E-state index contributed by atoms with van der Waals surface area (Å²) in [5.41, 5.74) is 0. The predicted molar refractivity (Wildman–Crippen MR) is 173 cm³/mol. The fourth-order valence-corrected chi connectivity index (χ4v) is 5.64. The van der Waals surface area contributed by atoms with Gasteiger partial charge in [-0.1, -0.05) is 174 Å². The molecule has 0 heterocycles. The van der Waals surface area contributed by atoms with Gasteiger partial charge in [-0.05, 0) is 12.8 Å². The Morgan fingerprint density at radius 3 is 1.17 bits per heavy atom. The predicted octanol–water partition coefficient (Wildman–Crippen LogP) is 8.12. The monoisotopic (exact) mass is 586 g/mol. The number of aliphatic hydroxyl groups is 4. The second-order valence-electron chi connectivity index (χ2n) is 12.6. The molecule has 0 aromatic heterocycles. The minimum Gasteiger partial charge on any atom is -0.394 e. The van der Waals surface area contributed by atoms with Crippen molar-refractivity contribution in [1.29, 1.82) is 0 Å². The third kappa shape index (κ3) is 25.5. The molecule has 246 valence electrons. The van der Waals surface area contributed by atoms with Crippen LogP contribution in [0.25, 0.3) is 0 Å². The summed E-state index contributed by atoms with van der Waals surface area (Å²) >= 11 is 0. The summed E-state index contributed by atoms with van der Waals surface area (Å²) in [6.45, 7) is 4.01. The van der Waals surface area contributed by atoms with E-state index >= 15 is 0 Å². The third-order valence-electron chi connectivity index (χ3n) is 8.57. The van der Waals surface area contributed by atoms with Crippen molar-refractivity contribution in [3.8, 4) is 0 Å². The lowest BCUT2D eigenvalue weighted by atomic mass is 9.99. The first-order chi connectivity index (χ1) is 20.0. The smallest absolute Gasteiger partial charge is 0.249 e. The van der Waals surface area contributed by atoms with Crippen molar-refractivity contribution in [2.45, 2.75) is 212 Å². The van der Waals surface area contributed by atoms with Gasteiger partial charge < -0.3 is 25.7 Å². The maximum atomic E-state index is 12.4.